The van der Waals surface area contributed by atoms with E-state index in [0.717, 1.165) is 0 Å². The van der Waals surface area contributed by atoms with E-state index in [-0.39, 0.29) is 60.5 Å². The van der Waals surface area contributed by atoms with Crippen LogP contribution < -0.4 is 20.1 Å². The second-order valence-corrected chi connectivity index (χ2v) is 16.1. The molecule has 5 unspecified atom stereocenters. The van der Waals surface area contributed by atoms with Gasteiger partial charge in [-0.25, -0.2) is 0 Å². The summed E-state index contributed by atoms with van der Waals surface area (Å²) in [5.74, 6) is -6.96. The number of hydrogen-bond acceptors (Lipinski definition) is 10. The van der Waals surface area contributed by atoms with Crippen LogP contribution in [-0.4, -0.2) is 51.3 Å². The number of amides is 2. The molecule has 12 nitrogen and oxygen atoms in total. The molecule has 11 rings (SSSR count). The molecule has 3 aliphatic heterocycles. The fourth-order valence-corrected chi connectivity index (χ4v) is 10.0. The van der Waals surface area contributed by atoms with Crippen LogP contribution >= 0.6 is 23.2 Å². The molecule has 0 bridgehead atoms. The highest BCUT2D eigenvalue weighted by molar-refractivity contribution is 6.31. The van der Waals surface area contributed by atoms with Crippen LogP contribution in [0, 0.1) is 0 Å². The lowest BCUT2D eigenvalue weighted by Crippen LogP contribution is -2.61. The van der Waals surface area contributed by atoms with Crippen molar-refractivity contribution >= 4 is 57.5 Å². The van der Waals surface area contributed by atoms with Gasteiger partial charge in [0.2, 0.25) is 28.6 Å². The molecule has 292 valence electrons. The van der Waals surface area contributed by atoms with Crippen LogP contribution in [0.25, 0.3) is 22.0 Å². The van der Waals surface area contributed by atoms with Gasteiger partial charge in [-0.15, -0.1) is 0 Å². The predicted octanol–water partition coefficient (Wildman–Crippen LogP) is 6.19. The smallest absolute Gasteiger partial charge is 0.271 e. The normalized spacial score (nSPS) is 26.6. The van der Waals surface area contributed by atoms with Crippen LogP contribution in [0.4, 0.5) is 0 Å². The summed E-state index contributed by atoms with van der Waals surface area (Å²) in [7, 11) is 0. The third-order valence-corrected chi connectivity index (χ3v) is 12.7. The van der Waals surface area contributed by atoms with Crippen molar-refractivity contribution in [2.75, 3.05) is 6.61 Å². The van der Waals surface area contributed by atoms with E-state index in [1.54, 1.807) is 78.9 Å². The van der Waals surface area contributed by atoms with E-state index in [4.69, 9.17) is 37.4 Å². The minimum Gasteiger partial charge on any atom is -0.454 e. The molecule has 1 aromatic heterocycles. The summed E-state index contributed by atoms with van der Waals surface area (Å²) in [6.07, 6.45) is 1.66. The molecule has 0 saturated carbocycles. The highest BCUT2D eigenvalue weighted by atomic mass is 35.5. The lowest BCUT2D eigenvalue weighted by Gasteiger charge is -2.35. The first-order valence-corrected chi connectivity index (χ1v) is 19.6. The van der Waals surface area contributed by atoms with Gasteiger partial charge in [-0.2, -0.15) is 0 Å². The van der Waals surface area contributed by atoms with Crippen molar-refractivity contribution in [3.8, 4) is 22.6 Å². The number of benzene rings is 5. The standard InChI is InChI=1S/C45H29Cl2N3O9/c46-22-14-15-34-32(20-22)42(38(51)27-7-1-3-11-30(27)44(42,55)58-34)49-40(53)26-16-17-48-36-24(26)9-5-10-25(36)29-19-23(47)21-33-37(29)59-45(56)31-12-4-2-8-28(31)39(52)43(33,45)50-41(54)35-13-6-18-57-35/h1-5,7-12,14-17,19-21,35,55-56H,6,13,18H2,(H,49,53)(H,50,54). The van der Waals surface area contributed by atoms with Crippen LogP contribution in [0.2, 0.25) is 10.0 Å². The highest BCUT2D eigenvalue weighted by Crippen LogP contribution is 2.62. The largest absolute Gasteiger partial charge is 0.454 e. The van der Waals surface area contributed by atoms with Gasteiger partial charge in [0.1, 0.15) is 17.6 Å². The number of carbonyl (C=O) groups is 4. The van der Waals surface area contributed by atoms with E-state index in [2.05, 4.69) is 15.6 Å². The lowest BCUT2D eigenvalue weighted by atomic mass is 9.81. The first-order chi connectivity index (χ1) is 28.4. The number of carbonyl (C=O) groups excluding carboxylic acids is 4. The second kappa shape index (κ2) is 12.2. The zero-order chi connectivity index (χ0) is 40.6. The van der Waals surface area contributed by atoms with Crippen molar-refractivity contribution in [1.29, 1.82) is 0 Å². The Kier molecular flexibility index (Phi) is 7.43. The minimum absolute atomic E-state index is 0.0615. The summed E-state index contributed by atoms with van der Waals surface area (Å²) in [5.41, 5.74) is -2.15. The van der Waals surface area contributed by atoms with Crippen LogP contribution in [0.3, 0.4) is 0 Å². The Hall–Kier alpha value is -6.15. The average Bonchev–Trinajstić information content (AvgIpc) is 4.00. The van der Waals surface area contributed by atoms with Gasteiger partial charge in [-0.3, -0.25) is 24.2 Å². The van der Waals surface area contributed by atoms with Gasteiger partial charge < -0.3 is 35.1 Å². The first-order valence-electron chi connectivity index (χ1n) is 18.8. The van der Waals surface area contributed by atoms with Crippen molar-refractivity contribution in [3.63, 3.8) is 0 Å². The molecule has 0 spiro atoms. The van der Waals surface area contributed by atoms with Crippen LogP contribution in [0.15, 0.2) is 109 Å². The van der Waals surface area contributed by atoms with Crippen molar-refractivity contribution in [2.24, 2.45) is 0 Å². The molecule has 59 heavy (non-hydrogen) atoms. The third kappa shape index (κ3) is 4.47. The summed E-state index contributed by atoms with van der Waals surface area (Å²) in [6, 6.07) is 27.1. The molecule has 5 aromatic carbocycles. The van der Waals surface area contributed by atoms with E-state index >= 15 is 0 Å². The zero-order valence-electron chi connectivity index (χ0n) is 30.5. The number of ether oxygens (including phenoxy) is 3. The van der Waals surface area contributed by atoms with E-state index < -0.39 is 52.1 Å². The number of halogens is 2. The Labute approximate surface area is 344 Å². The number of fused-ring (bicyclic) bond motifs is 11. The summed E-state index contributed by atoms with van der Waals surface area (Å²) in [4.78, 5) is 62.2. The SMILES string of the molecule is O=C(NC12C(=O)c3ccccc3C1(O)Oc1ccc(Cl)cc12)c1ccnc2c(-c3cc(Cl)cc4c3OC3(O)c5ccccc5C(=O)C43NC(=O)C3CCCO3)cccc12. The van der Waals surface area contributed by atoms with E-state index in [1.807, 2.05) is 0 Å². The van der Waals surface area contributed by atoms with Gasteiger partial charge >= 0.3 is 0 Å². The number of ketones is 2. The summed E-state index contributed by atoms with van der Waals surface area (Å²) in [6.45, 7) is 0.377. The summed E-state index contributed by atoms with van der Waals surface area (Å²) in [5, 5.41) is 31.4. The fraction of sp³-hybridized carbons (Fsp3) is 0.178. The summed E-state index contributed by atoms with van der Waals surface area (Å²) < 4.78 is 18.3. The van der Waals surface area contributed by atoms with E-state index in [9.17, 15) is 29.4 Å². The molecular weight excluding hydrogens is 797 g/mol. The maximum absolute atomic E-state index is 14.7. The number of aliphatic hydroxyl groups is 2. The number of para-hydroxylation sites is 1. The lowest BCUT2D eigenvalue weighted by molar-refractivity contribution is -0.177. The molecule has 2 aliphatic carbocycles. The molecule has 5 atom stereocenters. The summed E-state index contributed by atoms with van der Waals surface area (Å²) >= 11 is 13.3. The monoisotopic (exact) mass is 825 g/mol. The number of nitrogens with zero attached hydrogens (tertiary/aromatic N) is 1. The number of rotatable bonds is 5. The van der Waals surface area contributed by atoms with Gasteiger partial charge in [0, 0.05) is 72.7 Å². The molecule has 1 saturated heterocycles. The van der Waals surface area contributed by atoms with Gasteiger partial charge in [-0.05, 0) is 49.2 Å². The minimum atomic E-state index is -2.39. The Morgan fingerprint density at radius 3 is 2.07 bits per heavy atom. The van der Waals surface area contributed by atoms with Crippen molar-refractivity contribution < 1.29 is 43.6 Å². The molecular formula is C45H29Cl2N3O9. The van der Waals surface area contributed by atoms with E-state index in [0.29, 0.717) is 41.5 Å². The number of nitrogens with one attached hydrogen (secondary N) is 2. The zero-order valence-corrected chi connectivity index (χ0v) is 32.1. The number of aromatic nitrogens is 1. The molecule has 5 aliphatic rings. The Balaban J connectivity index is 1.05. The van der Waals surface area contributed by atoms with Crippen molar-refractivity contribution in [3.05, 3.63) is 158 Å². The second-order valence-electron chi connectivity index (χ2n) is 15.2. The van der Waals surface area contributed by atoms with Crippen LogP contribution in [-0.2, 0) is 32.2 Å². The Bertz CT molecular complexity index is 2930. The maximum Gasteiger partial charge on any atom is 0.271 e. The fourth-order valence-electron chi connectivity index (χ4n) is 9.61. The number of Topliss-reactive ketones (excluding diaryl/α,β-unsaturated/α-hetero) is 2. The third-order valence-electron chi connectivity index (χ3n) is 12.2. The van der Waals surface area contributed by atoms with Gasteiger partial charge in [0.25, 0.3) is 17.5 Å². The van der Waals surface area contributed by atoms with E-state index in [1.165, 1.54) is 30.5 Å². The number of pyridine rings is 1. The Morgan fingerprint density at radius 2 is 1.36 bits per heavy atom. The molecule has 4 heterocycles. The molecule has 4 N–H and O–H groups in total. The molecule has 14 heteroatoms. The molecule has 6 aromatic rings. The molecule has 1 fully saturated rings. The topological polar surface area (TPSA) is 173 Å². The van der Waals surface area contributed by atoms with Gasteiger partial charge in [-0.1, -0.05) is 89.9 Å². The average molecular weight is 827 g/mol. The highest BCUT2D eigenvalue weighted by Gasteiger charge is 2.73. The molecule has 2 amide bonds. The molecule has 0 radical (unpaired) electrons. The van der Waals surface area contributed by atoms with Crippen molar-refractivity contribution in [2.45, 2.75) is 41.6 Å². The maximum atomic E-state index is 14.7. The van der Waals surface area contributed by atoms with Gasteiger partial charge in [0.15, 0.2) is 0 Å². The van der Waals surface area contributed by atoms with Crippen LogP contribution in [0.1, 0.15) is 66.2 Å². The van der Waals surface area contributed by atoms with Gasteiger partial charge in [0.05, 0.1) is 11.1 Å². The predicted molar refractivity (Wildman–Crippen MR) is 212 cm³/mol. The Morgan fingerprint density at radius 1 is 0.695 bits per heavy atom. The number of hydrogen-bond donors (Lipinski definition) is 4. The van der Waals surface area contributed by atoms with Crippen molar-refractivity contribution in [1.82, 2.24) is 15.6 Å². The first kappa shape index (κ1) is 36.0. The quantitative estimate of drug-likeness (QED) is 0.157. The van der Waals surface area contributed by atoms with Crippen LogP contribution in [0.5, 0.6) is 11.5 Å².